The van der Waals surface area contributed by atoms with Crippen LogP contribution in [-0.2, 0) is 0 Å². The monoisotopic (exact) mass is 241 g/mol. The minimum Gasteiger partial charge on any atom is -0.381 e. The fraction of sp³-hybridized carbons (Fsp3) is 0.412. The molecule has 1 aliphatic heterocycles. The van der Waals surface area contributed by atoms with Crippen molar-refractivity contribution in [3.8, 4) is 0 Å². The van der Waals surface area contributed by atoms with Gasteiger partial charge in [0.2, 0.25) is 0 Å². The number of benzene rings is 1. The molecule has 1 heterocycles. The average molecular weight is 241 g/mol. The first-order valence-corrected chi connectivity index (χ1v) is 6.85. The fourth-order valence-corrected chi connectivity index (χ4v) is 2.49. The number of hydrogen-bond donors (Lipinski definition) is 1. The van der Waals surface area contributed by atoms with Gasteiger partial charge >= 0.3 is 0 Å². The van der Waals surface area contributed by atoms with Gasteiger partial charge < -0.3 is 5.32 Å². The quantitative estimate of drug-likeness (QED) is 0.782. The Morgan fingerprint density at radius 3 is 2.50 bits per heavy atom. The van der Waals surface area contributed by atoms with Crippen molar-refractivity contribution in [2.75, 3.05) is 11.9 Å². The number of hydrogen-bond acceptors (Lipinski definition) is 1. The van der Waals surface area contributed by atoms with Gasteiger partial charge in [-0.25, -0.2) is 0 Å². The third-order valence-corrected chi connectivity index (χ3v) is 3.45. The van der Waals surface area contributed by atoms with E-state index in [0.29, 0.717) is 11.8 Å². The van der Waals surface area contributed by atoms with Gasteiger partial charge in [-0.3, -0.25) is 0 Å². The molecule has 0 amide bonds. The Morgan fingerprint density at radius 1 is 1.06 bits per heavy atom. The zero-order chi connectivity index (χ0) is 13.1. The second-order valence-corrected chi connectivity index (χ2v) is 5.51. The van der Waals surface area contributed by atoms with Crippen molar-refractivity contribution in [1.29, 1.82) is 0 Å². The van der Waals surface area contributed by atoms with E-state index in [-0.39, 0.29) is 0 Å². The van der Waals surface area contributed by atoms with Crippen LogP contribution in [0.2, 0.25) is 0 Å². The topological polar surface area (TPSA) is 12.0 Å². The molecule has 18 heavy (non-hydrogen) atoms. The van der Waals surface area contributed by atoms with Crippen LogP contribution in [0.5, 0.6) is 0 Å². The smallest absolute Gasteiger partial charge is 0.0422 e. The molecule has 0 spiro atoms. The summed E-state index contributed by atoms with van der Waals surface area (Å²) in [7, 11) is 0. The fourth-order valence-electron chi connectivity index (χ4n) is 2.49. The zero-order valence-corrected chi connectivity index (χ0v) is 11.8. The number of anilines is 1. The lowest BCUT2D eigenvalue weighted by Gasteiger charge is -2.23. The minimum absolute atomic E-state index is 0.535. The Morgan fingerprint density at radius 2 is 1.83 bits per heavy atom. The van der Waals surface area contributed by atoms with Crippen LogP contribution < -0.4 is 5.32 Å². The first-order chi connectivity index (χ1) is 8.61. The Balaban J connectivity index is 2.65. The summed E-state index contributed by atoms with van der Waals surface area (Å²) in [6.45, 7) is 9.96. The second kappa shape index (κ2) is 5.43. The third kappa shape index (κ3) is 2.50. The van der Waals surface area contributed by atoms with Crippen LogP contribution in [0.4, 0.5) is 5.69 Å². The van der Waals surface area contributed by atoms with E-state index in [9.17, 15) is 0 Å². The van der Waals surface area contributed by atoms with E-state index in [1.54, 1.807) is 0 Å². The van der Waals surface area contributed by atoms with Gasteiger partial charge in [-0.1, -0.05) is 58.1 Å². The van der Waals surface area contributed by atoms with E-state index >= 15 is 0 Å². The van der Waals surface area contributed by atoms with Gasteiger partial charge in [0, 0.05) is 17.8 Å². The van der Waals surface area contributed by atoms with Crippen molar-refractivity contribution in [1.82, 2.24) is 0 Å². The van der Waals surface area contributed by atoms with Gasteiger partial charge in [0.1, 0.15) is 0 Å². The minimum atomic E-state index is 0.535. The Labute approximate surface area is 111 Å². The van der Waals surface area contributed by atoms with Crippen LogP contribution >= 0.6 is 0 Å². The van der Waals surface area contributed by atoms with Crippen LogP contribution in [0, 0.1) is 5.92 Å². The van der Waals surface area contributed by atoms with E-state index in [0.717, 1.165) is 6.54 Å². The summed E-state index contributed by atoms with van der Waals surface area (Å²) in [6, 6.07) is 6.60. The summed E-state index contributed by atoms with van der Waals surface area (Å²) >= 11 is 0. The maximum atomic E-state index is 3.52. The predicted octanol–water partition coefficient (Wildman–Crippen LogP) is 4.83. The maximum Gasteiger partial charge on any atom is 0.0422 e. The van der Waals surface area contributed by atoms with Gasteiger partial charge in [0.05, 0.1) is 0 Å². The predicted molar refractivity (Wildman–Crippen MR) is 81.0 cm³/mol. The van der Waals surface area contributed by atoms with Gasteiger partial charge in [0.15, 0.2) is 0 Å². The molecule has 1 nitrogen and oxygen atoms in total. The number of allylic oxidation sites excluding steroid dienone is 3. The SMILES string of the molecule is CC(C)/C1=C/C=C\CNc2cccc(C(C)C)c21. The van der Waals surface area contributed by atoms with Crippen molar-refractivity contribution in [2.45, 2.75) is 33.6 Å². The maximum absolute atomic E-state index is 3.52. The number of fused-ring (bicyclic) bond motifs is 1. The van der Waals surface area contributed by atoms with Gasteiger partial charge in [-0.15, -0.1) is 0 Å². The van der Waals surface area contributed by atoms with Crippen LogP contribution in [0.3, 0.4) is 0 Å². The van der Waals surface area contributed by atoms with Crippen molar-refractivity contribution in [2.24, 2.45) is 5.92 Å². The zero-order valence-electron chi connectivity index (χ0n) is 11.8. The molecular weight excluding hydrogens is 218 g/mol. The van der Waals surface area contributed by atoms with E-state index in [1.807, 2.05) is 0 Å². The Hall–Kier alpha value is -1.50. The summed E-state index contributed by atoms with van der Waals surface area (Å²) in [5.41, 5.74) is 5.55. The van der Waals surface area contributed by atoms with Gasteiger partial charge in [-0.05, 0) is 29.0 Å². The van der Waals surface area contributed by atoms with Crippen molar-refractivity contribution < 1.29 is 0 Å². The molecule has 96 valence electrons. The summed E-state index contributed by atoms with van der Waals surface area (Å²) in [5.74, 6) is 1.08. The normalized spacial score (nSPS) is 19.6. The van der Waals surface area contributed by atoms with Crippen molar-refractivity contribution >= 4 is 11.3 Å². The molecule has 0 bridgehead atoms. The largest absolute Gasteiger partial charge is 0.381 e. The molecule has 1 aromatic rings. The molecule has 0 aromatic heterocycles. The number of nitrogens with one attached hydrogen (secondary N) is 1. The van der Waals surface area contributed by atoms with Crippen LogP contribution in [0.1, 0.15) is 44.7 Å². The summed E-state index contributed by atoms with van der Waals surface area (Å²) < 4.78 is 0. The van der Waals surface area contributed by atoms with Crippen molar-refractivity contribution in [3.63, 3.8) is 0 Å². The van der Waals surface area contributed by atoms with Gasteiger partial charge in [-0.2, -0.15) is 0 Å². The molecule has 0 fully saturated rings. The number of rotatable bonds is 2. The van der Waals surface area contributed by atoms with E-state index < -0.39 is 0 Å². The third-order valence-electron chi connectivity index (χ3n) is 3.45. The van der Waals surface area contributed by atoms with E-state index in [2.05, 4.69) is 69.4 Å². The lowest BCUT2D eigenvalue weighted by Crippen LogP contribution is -2.09. The molecule has 0 aliphatic carbocycles. The Kier molecular flexibility index (Phi) is 3.90. The highest BCUT2D eigenvalue weighted by Crippen LogP contribution is 2.36. The molecule has 1 heteroatoms. The average Bonchev–Trinajstić information content (AvgIpc) is 2.28. The molecular formula is C17H23N. The van der Waals surface area contributed by atoms with Crippen LogP contribution in [-0.4, -0.2) is 6.54 Å². The summed E-state index contributed by atoms with van der Waals surface area (Å²) in [4.78, 5) is 0. The highest BCUT2D eigenvalue weighted by atomic mass is 14.9. The molecule has 0 saturated carbocycles. The molecule has 2 rings (SSSR count). The molecule has 0 saturated heterocycles. The molecule has 0 unspecified atom stereocenters. The van der Waals surface area contributed by atoms with E-state index in [4.69, 9.17) is 0 Å². The van der Waals surface area contributed by atoms with Crippen LogP contribution in [0.25, 0.3) is 5.57 Å². The molecule has 0 radical (unpaired) electrons. The highest BCUT2D eigenvalue weighted by Gasteiger charge is 2.17. The molecule has 1 aromatic carbocycles. The second-order valence-electron chi connectivity index (χ2n) is 5.51. The molecule has 0 atom stereocenters. The lowest BCUT2D eigenvalue weighted by molar-refractivity contribution is 0.829. The standard InChI is InChI=1S/C17H23N/c1-12(2)14-8-5-6-11-18-16-10-7-9-15(13(3)4)17(14)16/h5-10,12-13,18H,11H2,1-4H3/b6-5-,14-8-. The first-order valence-electron chi connectivity index (χ1n) is 6.85. The highest BCUT2D eigenvalue weighted by molar-refractivity contribution is 5.81. The molecule has 1 N–H and O–H groups in total. The Bertz CT molecular complexity index is 478. The summed E-state index contributed by atoms with van der Waals surface area (Å²) in [5, 5.41) is 3.52. The van der Waals surface area contributed by atoms with E-state index in [1.165, 1.54) is 22.4 Å². The van der Waals surface area contributed by atoms with Crippen molar-refractivity contribution in [3.05, 3.63) is 47.6 Å². The first kappa shape index (κ1) is 12.9. The van der Waals surface area contributed by atoms with Gasteiger partial charge in [0.25, 0.3) is 0 Å². The lowest BCUT2D eigenvalue weighted by atomic mass is 9.85. The summed E-state index contributed by atoms with van der Waals surface area (Å²) in [6.07, 6.45) is 6.62. The molecule has 1 aliphatic rings. The van der Waals surface area contributed by atoms with Crippen LogP contribution in [0.15, 0.2) is 36.4 Å².